The Kier molecular flexibility index (Phi) is 3.09. The molecule has 19 heavy (non-hydrogen) atoms. The van der Waals surface area contributed by atoms with Crippen LogP contribution >= 0.6 is 0 Å². The number of nitrogens with two attached hydrogens (primary N) is 1. The zero-order chi connectivity index (χ0) is 14.2. The molecule has 102 valence electrons. The minimum Gasteiger partial charge on any atom is -0.368 e. The van der Waals surface area contributed by atoms with Gasteiger partial charge in [-0.1, -0.05) is 0 Å². The summed E-state index contributed by atoms with van der Waals surface area (Å²) in [5.74, 6) is -0.423. The van der Waals surface area contributed by atoms with E-state index in [1.807, 2.05) is 0 Å². The maximum absolute atomic E-state index is 12.6. The van der Waals surface area contributed by atoms with Crippen molar-refractivity contribution in [3.8, 4) is 0 Å². The van der Waals surface area contributed by atoms with Crippen molar-refractivity contribution in [1.82, 2.24) is 9.78 Å². The molecule has 0 aliphatic rings. The van der Waals surface area contributed by atoms with E-state index in [0.717, 1.165) is 12.1 Å². The highest BCUT2D eigenvalue weighted by Crippen LogP contribution is 2.33. The molecule has 3 N–H and O–H groups in total. The van der Waals surface area contributed by atoms with E-state index in [1.54, 1.807) is 7.05 Å². The summed E-state index contributed by atoms with van der Waals surface area (Å²) in [5.41, 5.74) is 4.73. The van der Waals surface area contributed by atoms with E-state index < -0.39 is 17.6 Å². The Morgan fingerprint density at radius 1 is 1.47 bits per heavy atom. The van der Waals surface area contributed by atoms with Crippen molar-refractivity contribution < 1.29 is 18.0 Å². The highest BCUT2D eigenvalue weighted by Gasteiger charge is 2.31. The topological polar surface area (TPSA) is 72.9 Å². The summed E-state index contributed by atoms with van der Waals surface area (Å²) in [6.45, 7) is -0.192. The van der Waals surface area contributed by atoms with Crippen molar-refractivity contribution in [2.75, 3.05) is 11.9 Å². The number of aryl methyl sites for hydroxylation is 1. The van der Waals surface area contributed by atoms with Crippen molar-refractivity contribution in [3.63, 3.8) is 0 Å². The minimum atomic E-state index is -4.43. The van der Waals surface area contributed by atoms with Crippen LogP contribution in [0.5, 0.6) is 0 Å². The summed E-state index contributed by atoms with van der Waals surface area (Å²) < 4.78 is 39.4. The van der Waals surface area contributed by atoms with Gasteiger partial charge in [0.1, 0.15) is 0 Å². The zero-order valence-electron chi connectivity index (χ0n) is 9.95. The Labute approximate surface area is 106 Å². The molecule has 0 radical (unpaired) electrons. The number of rotatable bonds is 3. The van der Waals surface area contributed by atoms with Crippen LogP contribution in [0.1, 0.15) is 5.56 Å². The van der Waals surface area contributed by atoms with Gasteiger partial charge in [0.2, 0.25) is 5.91 Å². The Hall–Kier alpha value is -2.25. The van der Waals surface area contributed by atoms with Gasteiger partial charge in [-0.25, -0.2) is 0 Å². The van der Waals surface area contributed by atoms with Gasteiger partial charge in [-0.2, -0.15) is 18.3 Å². The van der Waals surface area contributed by atoms with Crippen LogP contribution in [-0.4, -0.2) is 22.2 Å². The normalized spacial score (nSPS) is 11.8. The number of fused-ring (bicyclic) bond motifs is 1. The number of amides is 1. The van der Waals surface area contributed by atoms with Crippen molar-refractivity contribution in [2.24, 2.45) is 12.8 Å². The van der Waals surface area contributed by atoms with E-state index in [0.29, 0.717) is 10.9 Å². The summed E-state index contributed by atoms with van der Waals surface area (Å²) in [6.07, 6.45) is -4.43. The predicted molar refractivity (Wildman–Crippen MR) is 63.4 cm³/mol. The van der Waals surface area contributed by atoms with Crippen molar-refractivity contribution in [2.45, 2.75) is 6.18 Å². The Morgan fingerprint density at radius 3 is 2.74 bits per heavy atom. The van der Waals surface area contributed by atoms with Gasteiger partial charge in [-0.3, -0.25) is 9.48 Å². The summed E-state index contributed by atoms with van der Waals surface area (Å²) in [7, 11) is 1.60. The van der Waals surface area contributed by atoms with E-state index in [1.165, 1.54) is 10.7 Å². The maximum atomic E-state index is 12.6. The van der Waals surface area contributed by atoms with Gasteiger partial charge in [-0.15, -0.1) is 0 Å². The lowest BCUT2D eigenvalue weighted by atomic mass is 10.1. The minimum absolute atomic E-state index is 0.192. The highest BCUT2D eigenvalue weighted by molar-refractivity contribution is 5.92. The standard InChI is InChI=1S/C11H11F3N4O/c1-18-8-3-2-6(11(12,13)14)4-7(8)10(17-18)16-5-9(15)19/h2-4H,5H2,1H3,(H2,15,19)(H,16,17). The second kappa shape index (κ2) is 4.45. The van der Waals surface area contributed by atoms with E-state index >= 15 is 0 Å². The first-order valence-electron chi connectivity index (χ1n) is 5.35. The maximum Gasteiger partial charge on any atom is 0.416 e. The zero-order valence-corrected chi connectivity index (χ0v) is 9.95. The summed E-state index contributed by atoms with van der Waals surface area (Å²) >= 11 is 0. The van der Waals surface area contributed by atoms with Gasteiger partial charge in [0, 0.05) is 12.4 Å². The van der Waals surface area contributed by atoms with Crippen LogP contribution in [0.15, 0.2) is 18.2 Å². The van der Waals surface area contributed by atoms with Crippen LogP contribution in [-0.2, 0) is 18.0 Å². The lowest BCUT2D eigenvalue weighted by molar-refractivity contribution is -0.137. The second-order valence-corrected chi connectivity index (χ2v) is 4.02. The molecule has 0 spiro atoms. The molecule has 0 unspecified atom stereocenters. The molecule has 0 saturated carbocycles. The van der Waals surface area contributed by atoms with Gasteiger partial charge in [-0.05, 0) is 18.2 Å². The first-order valence-corrected chi connectivity index (χ1v) is 5.35. The number of nitrogens with zero attached hydrogens (tertiary/aromatic N) is 2. The molecule has 1 aromatic heterocycles. The smallest absolute Gasteiger partial charge is 0.368 e. The molecule has 0 saturated heterocycles. The molecule has 5 nitrogen and oxygen atoms in total. The molecule has 2 rings (SSSR count). The van der Waals surface area contributed by atoms with Crippen molar-refractivity contribution >= 4 is 22.6 Å². The quantitative estimate of drug-likeness (QED) is 0.889. The van der Waals surface area contributed by atoms with Crippen LogP contribution in [0.3, 0.4) is 0 Å². The molecule has 1 amide bonds. The van der Waals surface area contributed by atoms with Crippen molar-refractivity contribution in [1.29, 1.82) is 0 Å². The molecule has 0 atom stereocenters. The second-order valence-electron chi connectivity index (χ2n) is 4.02. The van der Waals surface area contributed by atoms with Gasteiger partial charge < -0.3 is 11.1 Å². The van der Waals surface area contributed by atoms with Gasteiger partial charge in [0.15, 0.2) is 5.82 Å². The lowest BCUT2D eigenvalue weighted by Crippen LogP contribution is -2.22. The van der Waals surface area contributed by atoms with Crippen LogP contribution in [0.4, 0.5) is 19.0 Å². The molecule has 0 fully saturated rings. The number of carbonyl (C=O) groups is 1. The van der Waals surface area contributed by atoms with Crippen LogP contribution in [0.2, 0.25) is 0 Å². The summed E-state index contributed by atoms with van der Waals surface area (Å²) in [4.78, 5) is 10.7. The molecular weight excluding hydrogens is 261 g/mol. The number of primary amides is 1. The van der Waals surface area contributed by atoms with Gasteiger partial charge in [0.25, 0.3) is 0 Å². The number of nitrogens with one attached hydrogen (secondary N) is 1. The fourth-order valence-corrected chi connectivity index (χ4v) is 1.74. The number of carbonyl (C=O) groups excluding carboxylic acids is 1. The van der Waals surface area contributed by atoms with Gasteiger partial charge in [0.05, 0.1) is 17.6 Å². The summed E-state index contributed by atoms with van der Waals surface area (Å²) in [5, 5.41) is 6.92. The third-order valence-corrected chi connectivity index (χ3v) is 2.61. The third-order valence-electron chi connectivity index (χ3n) is 2.61. The monoisotopic (exact) mass is 272 g/mol. The number of alkyl halides is 3. The molecule has 8 heteroatoms. The fourth-order valence-electron chi connectivity index (χ4n) is 1.74. The van der Waals surface area contributed by atoms with Crippen LogP contribution in [0, 0.1) is 0 Å². The summed E-state index contributed by atoms with van der Waals surface area (Å²) in [6, 6.07) is 3.31. The lowest BCUT2D eigenvalue weighted by Gasteiger charge is -2.06. The molecule has 0 aliphatic heterocycles. The Morgan fingerprint density at radius 2 is 2.16 bits per heavy atom. The first kappa shape index (κ1) is 13.2. The number of halogens is 3. The first-order chi connectivity index (χ1) is 8.79. The van der Waals surface area contributed by atoms with Crippen molar-refractivity contribution in [3.05, 3.63) is 23.8 Å². The molecule has 0 aliphatic carbocycles. The number of hydrogen-bond donors (Lipinski definition) is 2. The molecule has 1 aromatic carbocycles. The van der Waals surface area contributed by atoms with Gasteiger partial charge >= 0.3 is 6.18 Å². The predicted octanol–water partition coefficient (Wildman–Crippen LogP) is 1.49. The van der Waals surface area contributed by atoms with E-state index in [-0.39, 0.29) is 12.4 Å². The Balaban J connectivity index is 2.49. The fraction of sp³-hybridized carbons (Fsp3) is 0.273. The SMILES string of the molecule is Cn1nc(NCC(N)=O)c2cc(C(F)(F)F)ccc21. The van der Waals surface area contributed by atoms with E-state index in [2.05, 4.69) is 10.4 Å². The molecule has 0 bridgehead atoms. The molecular formula is C11H11F3N4O. The Bertz CT molecular complexity index is 633. The number of aromatic nitrogens is 2. The third kappa shape index (κ3) is 2.61. The van der Waals surface area contributed by atoms with Crippen LogP contribution < -0.4 is 11.1 Å². The van der Waals surface area contributed by atoms with E-state index in [4.69, 9.17) is 5.73 Å². The van der Waals surface area contributed by atoms with E-state index in [9.17, 15) is 18.0 Å². The molecule has 1 heterocycles. The average Bonchev–Trinajstić information content (AvgIpc) is 2.62. The average molecular weight is 272 g/mol. The number of anilines is 1. The van der Waals surface area contributed by atoms with Crippen LogP contribution in [0.25, 0.3) is 10.9 Å². The highest BCUT2D eigenvalue weighted by atomic mass is 19.4. The number of benzene rings is 1. The largest absolute Gasteiger partial charge is 0.416 e. The molecule has 2 aromatic rings. The number of hydrogen-bond acceptors (Lipinski definition) is 3.